The largest absolute Gasteiger partial charge is 0.462 e. The van der Waals surface area contributed by atoms with E-state index < -0.39 is 6.10 Å². The number of esters is 1. The lowest BCUT2D eigenvalue weighted by molar-refractivity contribution is -0.160. The van der Waals surface area contributed by atoms with E-state index in [-0.39, 0.29) is 18.5 Å². The molecule has 1 aliphatic heterocycles. The van der Waals surface area contributed by atoms with E-state index in [4.69, 9.17) is 4.74 Å². The average Bonchev–Trinajstić information content (AvgIpc) is 1.99. The van der Waals surface area contributed by atoms with Gasteiger partial charge in [-0.25, -0.2) is 0 Å². The minimum absolute atomic E-state index is 0.0406. The zero-order valence-corrected chi connectivity index (χ0v) is 7.45. The molecule has 1 heterocycles. The van der Waals surface area contributed by atoms with Crippen molar-refractivity contribution in [3.8, 4) is 0 Å². The Kier molecular flexibility index (Phi) is 3.53. The predicted octanol–water partition coefficient (Wildman–Crippen LogP) is 1.24. The topological polar surface area (TPSA) is 46.5 Å². The molecular formula is C9H16O3. The zero-order chi connectivity index (χ0) is 8.97. The van der Waals surface area contributed by atoms with E-state index in [2.05, 4.69) is 6.92 Å². The molecule has 0 radical (unpaired) electrons. The first-order valence-corrected chi connectivity index (χ1v) is 4.60. The maximum atomic E-state index is 10.9. The Morgan fingerprint density at radius 3 is 3.00 bits per heavy atom. The van der Waals surface area contributed by atoms with Gasteiger partial charge in [-0.1, -0.05) is 19.8 Å². The third-order valence-corrected chi connectivity index (χ3v) is 2.12. The van der Waals surface area contributed by atoms with Crippen molar-refractivity contribution in [3.63, 3.8) is 0 Å². The van der Waals surface area contributed by atoms with E-state index in [0.29, 0.717) is 6.42 Å². The van der Waals surface area contributed by atoms with E-state index in [1.165, 1.54) is 0 Å². The summed E-state index contributed by atoms with van der Waals surface area (Å²) in [6.07, 6.45) is 3.32. The Morgan fingerprint density at radius 2 is 2.42 bits per heavy atom. The Morgan fingerprint density at radius 1 is 1.67 bits per heavy atom. The van der Waals surface area contributed by atoms with Crippen LogP contribution in [0.2, 0.25) is 0 Å². The highest BCUT2D eigenvalue weighted by atomic mass is 16.5. The number of carbonyl (C=O) groups is 1. The lowest BCUT2D eigenvalue weighted by atomic mass is 10.0. The number of cyclic esters (lactones) is 1. The van der Waals surface area contributed by atoms with Gasteiger partial charge in [0.25, 0.3) is 0 Å². The van der Waals surface area contributed by atoms with Crippen molar-refractivity contribution in [2.24, 2.45) is 0 Å². The van der Waals surface area contributed by atoms with E-state index in [9.17, 15) is 9.90 Å². The van der Waals surface area contributed by atoms with Crippen molar-refractivity contribution in [1.29, 1.82) is 0 Å². The molecule has 0 spiro atoms. The molecule has 0 aromatic rings. The van der Waals surface area contributed by atoms with Crippen LogP contribution < -0.4 is 0 Å². The molecule has 3 nitrogen and oxygen atoms in total. The molecule has 0 unspecified atom stereocenters. The third kappa shape index (κ3) is 2.81. The minimum atomic E-state index is -0.479. The fourth-order valence-electron chi connectivity index (χ4n) is 1.47. The average molecular weight is 172 g/mol. The standard InChI is InChI=1S/C9H16O3/c1-2-3-4-8-5-7(10)6-9(11)12-8/h7-8,10H,2-6H2,1H3/t7-,8-/m0/s1. The lowest BCUT2D eigenvalue weighted by Crippen LogP contribution is -2.32. The summed E-state index contributed by atoms with van der Waals surface area (Å²) >= 11 is 0. The van der Waals surface area contributed by atoms with Gasteiger partial charge in [0.2, 0.25) is 0 Å². The first kappa shape index (κ1) is 9.52. The molecule has 3 heteroatoms. The van der Waals surface area contributed by atoms with Crippen LogP contribution in [0.25, 0.3) is 0 Å². The van der Waals surface area contributed by atoms with Crippen LogP contribution in [0.3, 0.4) is 0 Å². The summed E-state index contributed by atoms with van der Waals surface area (Å²) in [7, 11) is 0. The number of aliphatic hydroxyl groups is 1. The first-order chi connectivity index (χ1) is 5.72. The quantitative estimate of drug-likeness (QED) is 0.651. The molecular weight excluding hydrogens is 156 g/mol. The normalized spacial score (nSPS) is 30.0. The van der Waals surface area contributed by atoms with Gasteiger partial charge in [0, 0.05) is 6.42 Å². The highest BCUT2D eigenvalue weighted by molar-refractivity contribution is 5.70. The van der Waals surface area contributed by atoms with E-state index in [1.54, 1.807) is 0 Å². The van der Waals surface area contributed by atoms with Crippen LogP contribution in [0.1, 0.15) is 39.0 Å². The van der Waals surface area contributed by atoms with Gasteiger partial charge >= 0.3 is 5.97 Å². The lowest BCUT2D eigenvalue weighted by Gasteiger charge is -2.25. The van der Waals surface area contributed by atoms with Crippen molar-refractivity contribution >= 4 is 5.97 Å². The summed E-state index contributed by atoms with van der Waals surface area (Å²) in [5, 5.41) is 9.25. The maximum absolute atomic E-state index is 10.9. The monoisotopic (exact) mass is 172 g/mol. The third-order valence-electron chi connectivity index (χ3n) is 2.12. The molecule has 0 aromatic heterocycles. The second kappa shape index (κ2) is 4.45. The Labute approximate surface area is 72.7 Å². The summed E-state index contributed by atoms with van der Waals surface area (Å²) in [4.78, 5) is 10.9. The van der Waals surface area contributed by atoms with Crippen molar-refractivity contribution in [1.82, 2.24) is 0 Å². The molecule has 0 bridgehead atoms. The summed E-state index contributed by atoms with van der Waals surface area (Å²) in [6, 6.07) is 0. The SMILES string of the molecule is CCCC[C@H]1C[C@H](O)CC(=O)O1. The molecule has 1 aliphatic rings. The fourth-order valence-corrected chi connectivity index (χ4v) is 1.47. The zero-order valence-electron chi connectivity index (χ0n) is 7.45. The number of carbonyl (C=O) groups excluding carboxylic acids is 1. The number of hydrogen-bond acceptors (Lipinski definition) is 3. The maximum Gasteiger partial charge on any atom is 0.308 e. The number of ether oxygens (including phenoxy) is 1. The van der Waals surface area contributed by atoms with Gasteiger partial charge in [0.05, 0.1) is 12.5 Å². The first-order valence-electron chi connectivity index (χ1n) is 4.60. The molecule has 12 heavy (non-hydrogen) atoms. The van der Waals surface area contributed by atoms with Crippen LogP contribution in [-0.2, 0) is 9.53 Å². The molecule has 0 amide bonds. The van der Waals surface area contributed by atoms with Gasteiger partial charge in [-0.05, 0) is 6.42 Å². The van der Waals surface area contributed by atoms with Crippen LogP contribution in [0, 0.1) is 0 Å². The van der Waals surface area contributed by atoms with Crippen molar-refractivity contribution in [2.45, 2.75) is 51.2 Å². The Hall–Kier alpha value is -0.570. The van der Waals surface area contributed by atoms with Crippen LogP contribution >= 0.6 is 0 Å². The van der Waals surface area contributed by atoms with Crippen LogP contribution in [-0.4, -0.2) is 23.3 Å². The summed E-state index contributed by atoms with van der Waals surface area (Å²) < 4.78 is 5.06. The van der Waals surface area contributed by atoms with Crippen molar-refractivity contribution in [3.05, 3.63) is 0 Å². The molecule has 0 aromatic carbocycles. The summed E-state index contributed by atoms with van der Waals surface area (Å²) in [5.41, 5.74) is 0. The summed E-state index contributed by atoms with van der Waals surface area (Å²) in [5.74, 6) is -0.255. The van der Waals surface area contributed by atoms with Crippen LogP contribution in [0.5, 0.6) is 0 Å². The van der Waals surface area contributed by atoms with Gasteiger partial charge in [0.15, 0.2) is 0 Å². The second-order valence-corrected chi connectivity index (χ2v) is 3.35. The number of aliphatic hydroxyl groups excluding tert-OH is 1. The van der Waals surface area contributed by atoms with Gasteiger partial charge in [0.1, 0.15) is 6.10 Å². The second-order valence-electron chi connectivity index (χ2n) is 3.35. The number of hydrogen-bond donors (Lipinski definition) is 1. The van der Waals surface area contributed by atoms with Gasteiger partial charge in [-0.3, -0.25) is 4.79 Å². The molecule has 1 N–H and O–H groups in total. The van der Waals surface area contributed by atoms with E-state index >= 15 is 0 Å². The van der Waals surface area contributed by atoms with Gasteiger partial charge < -0.3 is 9.84 Å². The molecule has 1 saturated heterocycles. The predicted molar refractivity (Wildman–Crippen MR) is 44.6 cm³/mol. The Balaban J connectivity index is 2.29. The number of unbranched alkanes of at least 4 members (excludes halogenated alkanes) is 1. The van der Waals surface area contributed by atoms with Gasteiger partial charge in [-0.2, -0.15) is 0 Å². The highest BCUT2D eigenvalue weighted by Gasteiger charge is 2.26. The molecule has 1 rings (SSSR count). The van der Waals surface area contributed by atoms with Crippen LogP contribution in [0.15, 0.2) is 0 Å². The van der Waals surface area contributed by atoms with Gasteiger partial charge in [-0.15, -0.1) is 0 Å². The molecule has 1 fully saturated rings. The molecule has 2 atom stereocenters. The molecule has 70 valence electrons. The van der Waals surface area contributed by atoms with Crippen molar-refractivity contribution < 1.29 is 14.6 Å². The molecule has 0 aliphatic carbocycles. The highest BCUT2D eigenvalue weighted by Crippen LogP contribution is 2.19. The number of rotatable bonds is 3. The van der Waals surface area contributed by atoms with E-state index in [1.807, 2.05) is 0 Å². The minimum Gasteiger partial charge on any atom is -0.462 e. The fraction of sp³-hybridized carbons (Fsp3) is 0.889. The summed E-state index contributed by atoms with van der Waals surface area (Å²) in [6.45, 7) is 2.10. The molecule has 0 saturated carbocycles. The smallest absolute Gasteiger partial charge is 0.308 e. The van der Waals surface area contributed by atoms with Crippen molar-refractivity contribution in [2.75, 3.05) is 0 Å². The Bertz CT molecular complexity index is 156. The van der Waals surface area contributed by atoms with Crippen LogP contribution in [0.4, 0.5) is 0 Å². The van der Waals surface area contributed by atoms with E-state index in [0.717, 1.165) is 19.3 Å².